The van der Waals surface area contributed by atoms with E-state index in [1.54, 1.807) is 0 Å². The van der Waals surface area contributed by atoms with Crippen LogP contribution in [-0.2, 0) is 42.5 Å². The molecule has 0 radical (unpaired) electrons. The average molecular weight is 558 g/mol. The number of hydroxylamine groups is 2. The van der Waals surface area contributed by atoms with Gasteiger partial charge in [-0.15, -0.1) is 5.06 Å². The van der Waals surface area contributed by atoms with Crippen molar-refractivity contribution in [1.82, 2.24) is 5.06 Å². The number of rotatable bonds is 8. The van der Waals surface area contributed by atoms with Crippen LogP contribution in [0.4, 0.5) is 0 Å². The minimum absolute atomic E-state index is 0.208. The second-order valence-electron chi connectivity index (χ2n) is 13.3. The van der Waals surface area contributed by atoms with Crippen molar-refractivity contribution in [2.24, 2.45) is 0 Å². The number of fused-ring (bicyclic) bond motifs is 2. The highest BCUT2D eigenvalue weighted by Crippen LogP contribution is 2.47. The number of carbonyl (C=O) groups excluding carboxylic acids is 1. The first-order chi connectivity index (χ1) is 17.6. The number of esters is 1. The number of hydrogen-bond donors (Lipinski definition) is 0. The topological polar surface area (TPSA) is 94.2 Å². The van der Waals surface area contributed by atoms with Crippen LogP contribution in [0, 0.1) is 0 Å². The van der Waals surface area contributed by atoms with Crippen molar-refractivity contribution in [2.75, 3.05) is 13.2 Å². The van der Waals surface area contributed by atoms with Crippen LogP contribution in [-0.4, -0.2) is 93.0 Å². The minimum Gasteiger partial charge on any atom is -0.458 e. The van der Waals surface area contributed by atoms with Gasteiger partial charge in [-0.25, -0.2) is 0 Å². The first-order valence-electron chi connectivity index (χ1n) is 14.3. The van der Waals surface area contributed by atoms with E-state index in [1.165, 1.54) is 0 Å². The fourth-order valence-corrected chi connectivity index (χ4v) is 13.0. The maximum Gasteiger partial charge on any atom is 0.309 e. The Kier molecular flexibility index (Phi) is 7.62. The molecule has 0 aromatic rings. The summed E-state index contributed by atoms with van der Waals surface area (Å²) < 4.78 is 44.2. The van der Waals surface area contributed by atoms with Crippen molar-refractivity contribution in [1.29, 1.82) is 0 Å². The van der Waals surface area contributed by atoms with E-state index in [0.717, 1.165) is 0 Å². The first kappa shape index (κ1) is 28.9. The van der Waals surface area contributed by atoms with Crippen LogP contribution in [0.25, 0.3) is 0 Å². The largest absolute Gasteiger partial charge is 0.458 e. The molecule has 0 saturated carbocycles. The van der Waals surface area contributed by atoms with Gasteiger partial charge in [0.05, 0.1) is 19.6 Å². The molecule has 11 heteroatoms. The summed E-state index contributed by atoms with van der Waals surface area (Å²) in [5, 5.41) is 1.84. The molecule has 5 heterocycles. The average Bonchev–Trinajstić information content (AvgIpc) is 3.54. The van der Waals surface area contributed by atoms with Gasteiger partial charge in [-0.05, 0) is 44.3 Å². The van der Waals surface area contributed by atoms with Crippen LogP contribution in [0.15, 0.2) is 0 Å². The summed E-state index contributed by atoms with van der Waals surface area (Å²) in [6.45, 7) is 22.0. The molecule has 5 aliphatic rings. The van der Waals surface area contributed by atoms with Gasteiger partial charge in [0.15, 0.2) is 32.2 Å². The smallest absolute Gasteiger partial charge is 0.309 e. The Balaban J connectivity index is 1.42. The predicted octanol–water partition coefficient (Wildman–Crippen LogP) is 3.87. The Hall–Kier alpha value is -0.633. The molecule has 0 spiro atoms. The van der Waals surface area contributed by atoms with E-state index >= 15 is 0 Å². The van der Waals surface area contributed by atoms with Crippen molar-refractivity contribution in [3.8, 4) is 0 Å². The number of nitrogens with zero attached hydrogens (tertiary/aromatic N) is 1. The number of ether oxygens (including phenoxy) is 6. The molecule has 0 aromatic heterocycles. The van der Waals surface area contributed by atoms with Gasteiger partial charge >= 0.3 is 5.97 Å². The molecule has 5 aliphatic heterocycles. The highest BCUT2D eigenvalue weighted by molar-refractivity contribution is 6.77. The van der Waals surface area contributed by atoms with E-state index in [9.17, 15) is 4.79 Å². The first-order valence-corrected chi connectivity index (χ1v) is 16.4. The van der Waals surface area contributed by atoms with E-state index < -0.39 is 44.4 Å². The second kappa shape index (κ2) is 10.0. The Morgan fingerprint density at radius 3 is 2.08 bits per heavy atom. The zero-order valence-electron chi connectivity index (χ0n) is 24.6. The van der Waals surface area contributed by atoms with Crippen LogP contribution >= 0.6 is 0 Å². The summed E-state index contributed by atoms with van der Waals surface area (Å²) in [6.07, 6.45) is -2.67. The zero-order valence-corrected chi connectivity index (χ0v) is 25.6. The molecule has 10 nitrogen and oxygen atoms in total. The molecule has 38 heavy (non-hydrogen) atoms. The Morgan fingerprint density at radius 2 is 1.50 bits per heavy atom. The van der Waals surface area contributed by atoms with Gasteiger partial charge in [-0.3, -0.25) is 9.63 Å². The van der Waals surface area contributed by atoms with Gasteiger partial charge in [0, 0.05) is 0 Å². The maximum atomic E-state index is 12.3. The minimum atomic E-state index is -2.18. The molecule has 0 bridgehead atoms. The quantitative estimate of drug-likeness (QED) is 0.323. The second-order valence-corrected chi connectivity index (χ2v) is 18.7. The highest BCUT2D eigenvalue weighted by Gasteiger charge is 2.64. The van der Waals surface area contributed by atoms with Gasteiger partial charge in [-0.1, -0.05) is 41.5 Å². The summed E-state index contributed by atoms with van der Waals surface area (Å²) >= 11 is 0. The molecule has 5 saturated heterocycles. The van der Waals surface area contributed by atoms with E-state index in [0.29, 0.717) is 29.8 Å². The summed E-state index contributed by atoms with van der Waals surface area (Å²) in [4.78, 5) is 18.7. The summed E-state index contributed by atoms with van der Waals surface area (Å²) in [7, 11) is -2.18. The van der Waals surface area contributed by atoms with Crippen molar-refractivity contribution >= 4 is 14.3 Å². The van der Waals surface area contributed by atoms with Gasteiger partial charge in [0.1, 0.15) is 36.6 Å². The van der Waals surface area contributed by atoms with Crippen molar-refractivity contribution < 1.29 is 42.5 Å². The van der Waals surface area contributed by atoms with Gasteiger partial charge in [0.25, 0.3) is 0 Å². The Bertz CT molecular complexity index is 874. The van der Waals surface area contributed by atoms with Crippen LogP contribution < -0.4 is 0 Å². The summed E-state index contributed by atoms with van der Waals surface area (Å²) in [5.41, 5.74) is 1.27. The highest BCUT2D eigenvalue weighted by atomic mass is 28.4. The predicted molar refractivity (Wildman–Crippen MR) is 139 cm³/mol. The lowest BCUT2D eigenvalue weighted by Crippen LogP contribution is -2.54. The molecule has 5 fully saturated rings. The molecular weight excluding hydrogens is 510 g/mol. The van der Waals surface area contributed by atoms with E-state index in [1.807, 2.05) is 32.8 Å². The van der Waals surface area contributed by atoms with Crippen LogP contribution in [0.2, 0.25) is 16.6 Å². The lowest BCUT2D eigenvalue weighted by molar-refractivity contribution is -0.293. The van der Waals surface area contributed by atoms with Gasteiger partial charge < -0.3 is 32.8 Å². The molecule has 8 atom stereocenters. The van der Waals surface area contributed by atoms with E-state index in [-0.39, 0.29) is 36.7 Å². The lowest BCUT2D eigenvalue weighted by Gasteiger charge is -2.43. The monoisotopic (exact) mass is 557 g/mol. The molecule has 0 unspecified atom stereocenters. The fraction of sp³-hybridized carbons (Fsp3) is 0.963. The third-order valence-electron chi connectivity index (χ3n) is 8.89. The van der Waals surface area contributed by atoms with Crippen LogP contribution in [0.5, 0.6) is 0 Å². The molecule has 5 rings (SSSR count). The van der Waals surface area contributed by atoms with Gasteiger partial charge in [0.2, 0.25) is 0 Å². The molecule has 0 aromatic carbocycles. The van der Waals surface area contributed by atoms with E-state index in [2.05, 4.69) is 41.5 Å². The fourth-order valence-electron chi connectivity index (χ4n) is 7.49. The maximum absolute atomic E-state index is 12.3. The zero-order chi connectivity index (χ0) is 27.8. The van der Waals surface area contributed by atoms with Crippen molar-refractivity contribution in [3.05, 3.63) is 0 Å². The normalized spacial score (nSPS) is 40.5. The third kappa shape index (κ3) is 4.90. The lowest BCUT2D eigenvalue weighted by atomic mass is 10.0. The molecular formula is C27H47NO9Si. The summed E-state index contributed by atoms with van der Waals surface area (Å²) in [5.74, 6) is -1.72. The molecule has 218 valence electrons. The Morgan fingerprint density at radius 1 is 0.868 bits per heavy atom. The van der Waals surface area contributed by atoms with Crippen molar-refractivity contribution in [2.45, 2.75) is 153 Å². The summed E-state index contributed by atoms with van der Waals surface area (Å²) in [6, 6.07) is -0.330. The SMILES string of the molecule is CC(C)[Si](OC[C@@H]1[C@H]2OC(=O)C[C@H]2ON1[C@H]1O[C@H]([C@@H]2COC(C)(C)O2)[C@@H]2OC(C)(C)O[C@@H]21)(C(C)C)C(C)C. The molecule has 0 N–H and O–H groups in total. The van der Waals surface area contributed by atoms with Crippen LogP contribution in [0.1, 0.15) is 75.7 Å². The van der Waals surface area contributed by atoms with Crippen molar-refractivity contribution in [3.63, 3.8) is 0 Å². The standard InChI is InChI=1S/C27H47NO9Si/c1-14(2)38(15(3)4,16(5)6)31-12-17-21-18(11-20(29)32-21)37-28(17)25-24-23(35-27(9,10)36-24)22(33-25)19-13-30-26(7,8)34-19/h14-19,21-25H,11-13H2,1-10H3/t17-,18-,19+,21-,22-,23+,24+,25+/m1/s1. The van der Waals surface area contributed by atoms with E-state index in [4.69, 9.17) is 37.7 Å². The third-order valence-corrected chi connectivity index (χ3v) is 15.0. The van der Waals surface area contributed by atoms with Gasteiger partial charge in [-0.2, -0.15) is 0 Å². The molecule has 0 amide bonds. The Labute approximate surface area is 227 Å². The number of hydrogen-bond acceptors (Lipinski definition) is 10. The number of carbonyl (C=O) groups is 1. The van der Waals surface area contributed by atoms with Crippen LogP contribution in [0.3, 0.4) is 0 Å². The molecule has 0 aliphatic carbocycles.